The summed E-state index contributed by atoms with van der Waals surface area (Å²) in [6, 6.07) is 21.8. The first-order chi connectivity index (χ1) is 19.1. The first-order valence-corrected chi connectivity index (χ1v) is 14.5. The van der Waals surface area contributed by atoms with Gasteiger partial charge in [-0.3, -0.25) is 14.4 Å². The summed E-state index contributed by atoms with van der Waals surface area (Å²) < 4.78 is -0.577. The van der Waals surface area contributed by atoms with E-state index < -0.39 is 34.7 Å². The van der Waals surface area contributed by atoms with Crippen molar-refractivity contribution in [1.29, 1.82) is 0 Å². The maximum Gasteiger partial charge on any atom is 0.254 e. The van der Waals surface area contributed by atoms with Crippen LogP contribution in [0.3, 0.4) is 0 Å². The van der Waals surface area contributed by atoms with Gasteiger partial charge in [0.1, 0.15) is 6.04 Å². The van der Waals surface area contributed by atoms with Crippen LogP contribution in [0, 0.1) is 6.92 Å². The second-order valence-corrected chi connectivity index (χ2v) is 12.5. The third kappa shape index (κ3) is 7.05. The molecule has 0 saturated carbocycles. The lowest BCUT2D eigenvalue weighted by Gasteiger charge is -2.33. The second kappa shape index (κ2) is 12.9. The zero-order valence-electron chi connectivity index (χ0n) is 22.8. The molecule has 9 heteroatoms. The highest BCUT2D eigenvalue weighted by Crippen LogP contribution is 2.40. The summed E-state index contributed by atoms with van der Waals surface area (Å²) in [6.45, 7) is 6.15. The Labute approximate surface area is 244 Å². The van der Waals surface area contributed by atoms with Crippen LogP contribution in [0.4, 0.5) is 0 Å². The molecule has 0 spiro atoms. The van der Waals surface area contributed by atoms with Gasteiger partial charge in [-0.05, 0) is 68.1 Å². The molecule has 3 amide bonds. The number of halogens is 1. The molecular formula is C31H34ClN3O4S. The number of benzene rings is 3. The molecule has 0 bridgehead atoms. The molecule has 0 radical (unpaired) electrons. The minimum absolute atomic E-state index is 0.224. The van der Waals surface area contributed by atoms with Gasteiger partial charge < -0.3 is 20.6 Å². The van der Waals surface area contributed by atoms with Crippen molar-refractivity contribution in [2.45, 2.75) is 56.7 Å². The van der Waals surface area contributed by atoms with Crippen molar-refractivity contribution < 1.29 is 19.5 Å². The summed E-state index contributed by atoms with van der Waals surface area (Å²) in [6.07, 6.45) is -1.35. The van der Waals surface area contributed by atoms with Crippen LogP contribution >= 0.6 is 23.4 Å². The highest BCUT2D eigenvalue weighted by molar-refractivity contribution is 8.00. The van der Waals surface area contributed by atoms with E-state index in [2.05, 4.69) is 10.6 Å². The van der Waals surface area contributed by atoms with E-state index in [9.17, 15) is 19.5 Å². The normalized spacial score (nSPS) is 17.6. The van der Waals surface area contributed by atoms with Gasteiger partial charge in [-0.1, -0.05) is 66.2 Å². The fourth-order valence-electron chi connectivity index (χ4n) is 4.80. The Kier molecular flexibility index (Phi) is 9.56. The van der Waals surface area contributed by atoms with Gasteiger partial charge >= 0.3 is 0 Å². The molecule has 210 valence electrons. The number of carbonyl (C=O) groups is 3. The van der Waals surface area contributed by atoms with Gasteiger partial charge in [-0.25, -0.2) is 0 Å². The van der Waals surface area contributed by atoms with E-state index in [4.69, 9.17) is 11.6 Å². The molecule has 4 rings (SSSR count). The Hall–Kier alpha value is -3.33. The zero-order valence-corrected chi connectivity index (χ0v) is 24.3. The smallest absolute Gasteiger partial charge is 0.254 e. The molecule has 3 aromatic rings. The van der Waals surface area contributed by atoms with Crippen molar-refractivity contribution in [3.8, 4) is 0 Å². The Balaban J connectivity index is 1.54. The number of rotatable bonds is 9. The fraction of sp³-hybridized carbons (Fsp3) is 0.323. The largest absolute Gasteiger partial charge is 0.381 e. The minimum Gasteiger partial charge on any atom is -0.381 e. The average molecular weight is 580 g/mol. The Morgan fingerprint density at radius 3 is 2.35 bits per heavy atom. The number of aliphatic hydroxyl groups is 1. The van der Waals surface area contributed by atoms with Gasteiger partial charge in [0.2, 0.25) is 5.91 Å². The lowest BCUT2D eigenvalue weighted by atomic mass is 9.96. The molecule has 1 heterocycles. The molecule has 3 aromatic carbocycles. The Morgan fingerprint density at radius 2 is 1.68 bits per heavy atom. The number of aryl methyl sites for hydroxylation is 1. The lowest BCUT2D eigenvalue weighted by Crippen LogP contribution is -2.58. The van der Waals surface area contributed by atoms with Crippen LogP contribution < -0.4 is 10.6 Å². The molecular weight excluding hydrogens is 546 g/mol. The maximum atomic E-state index is 13.8. The molecule has 1 aliphatic heterocycles. The predicted octanol–water partition coefficient (Wildman–Crippen LogP) is 4.35. The van der Waals surface area contributed by atoms with E-state index in [1.165, 1.54) is 16.7 Å². The third-order valence-electron chi connectivity index (χ3n) is 7.15. The molecule has 7 nitrogen and oxygen atoms in total. The highest BCUT2D eigenvalue weighted by Gasteiger charge is 2.49. The predicted molar refractivity (Wildman–Crippen MR) is 159 cm³/mol. The van der Waals surface area contributed by atoms with E-state index in [1.54, 1.807) is 24.3 Å². The molecule has 1 saturated heterocycles. The van der Waals surface area contributed by atoms with Crippen molar-refractivity contribution in [2.24, 2.45) is 0 Å². The van der Waals surface area contributed by atoms with Crippen LogP contribution in [0.5, 0.6) is 0 Å². The number of hydrogen-bond acceptors (Lipinski definition) is 5. The monoisotopic (exact) mass is 579 g/mol. The van der Waals surface area contributed by atoms with Crippen molar-refractivity contribution in [3.63, 3.8) is 0 Å². The summed E-state index contributed by atoms with van der Waals surface area (Å²) in [5, 5.41) is 17.7. The maximum absolute atomic E-state index is 13.8. The van der Waals surface area contributed by atoms with Crippen LogP contribution in [0.25, 0.3) is 0 Å². The number of carbonyl (C=O) groups excluding carboxylic acids is 3. The second-order valence-electron chi connectivity index (χ2n) is 10.5. The van der Waals surface area contributed by atoms with Crippen molar-refractivity contribution in [2.75, 3.05) is 5.88 Å². The summed E-state index contributed by atoms with van der Waals surface area (Å²) in [5.74, 6) is -1.09. The first kappa shape index (κ1) is 29.6. The SMILES string of the molecule is Cc1ccccc1CNC(=O)[C@H]1N(C(=O)[C@@H](O)C(Cc2ccccc2)NC(=O)c2ccc(Cl)cc2)CSC1(C)C. The quantitative estimate of drug-likeness (QED) is 0.350. The number of amides is 3. The van der Waals surface area contributed by atoms with Gasteiger partial charge in [0.15, 0.2) is 6.10 Å². The van der Waals surface area contributed by atoms with Gasteiger partial charge in [-0.2, -0.15) is 0 Å². The van der Waals surface area contributed by atoms with Crippen LogP contribution in [-0.4, -0.2) is 56.5 Å². The van der Waals surface area contributed by atoms with Crippen LogP contribution in [0.2, 0.25) is 5.02 Å². The molecule has 1 aliphatic rings. The molecule has 1 unspecified atom stereocenters. The summed E-state index contributed by atoms with van der Waals surface area (Å²) in [5.41, 5.74) is 3.25. The molecule has 3 atom stereocenters. The van der Waals surface area contributed by atoms with Gasteiger partial charge in [0, 0.05) is 21.9 Å². The minimum atomic E-state index is -1.57. The average Bonchev–Trinajstić information content (AvgIpc) is 3.27. The molecule has 3 N–H and O–H groups in total. The summed E-state index contributed by atoms with van der Waals surface area (Å²) in [4.78, 5) is 41.7. The summed E-state index contributed by atoms with van der Waals surface area (Å²) >= 11 is 7.44. The van der Waals surface area contributed by atoms with Crippen molar-refractivity contribution >= 4 is 41.1 Å². The lowest BCUT2D eigenvalue weighted by molar-refractivity contribution is -0.147. The van der Waals surface area contributed by atoms with E-state index in [-0.39, 0.29) is 18.2 Å². The topological polar surface area (TPSA) is 98.7 Å². The molecule has 0 aliphatic carbocycles. The first-order valence-electron chi connectivity index (χ1n) is 13.1. The zero-order chi connectivity index (χ0) is 28.9. The van der Waals surface area contributed by atoms with Gasteiger partial charge in [0.05, 0.1) is 11.9 Å². The van der Waals surface area contributed by atoms with Crippen molar-refractivity contribution in [1.82, 2.24) is 15.5 Å². The summed E-state index contributed by atoms with van der Waals surface area (Å²) in [7, 11) is 0. The number of nitrogens with one attached hydrogen (secondary N) is 2. The molecule has 0 aromatic heterocycles. The third-order valence-corrected chi connectivity index (χ3v) is 8.77. The van der Waals surface area contributed by atoms with E-state index in [0.717, 1.165) is 16.7 Å². The number of thioether (sulfide) groups is 1. The van der Waals surface area contributed by atoms with Crippen molar-refractivity contribution in [3.05, 3.63) is 106 Å². The van der Waals surface area contributed by atoms with E-state index in [0.29, 0.717) is 17.1 Å². The van der Waals surface area contributed by atoms with Crippen LogP contribution in [0.15, 0.2) is 78.9 Å². The van der Waals surface area contributed by atoms with Crippen LogP contribution in [0.1, 0.15) is 40.9 Å². The Morgan fingerprint density at radius 1 is 1.02 bits per heavy atom. The van der Waals surface area contributed by atoms with Gasteiger partial charge in [0.25, 0.3) is 11.8 Å². The number of hydrogen-bond donors (Lipinski definition) is 3. The highest BCUT2D eigenvalue weighted by atomic mass is 35.5. The van der Waals surface area contributed by atoms with Gasteiger partial charge in [-0.15, -0.1) is 11.8 Å². The van der Waals surface area contributed by atoms with Crippen LogP contribution in [-0.2, 0) is 22.6 Å². The molecule has 40 heavy (non-hydrogen) atoms. The number of aliphatic hydroxyl groups excluding tert-OH is 1. The van der Waals surface area contributed by atoms with E-state index in [1.807, 2.05) is 75.4 Å². The van der Waals surface area contributed by atoms with E-state index >= 15 is 0 Å². The standard InChI is InChI=1S/C31H34ClN3O4S/c1-20-9-7-8-12-23(20)18-33-29(38)27-31(2,3)40-19-35(27)30(39)26(36)25(17-21-10-5-4-6-11-21)34-28(37)22-13-15-24(32)16-14-22/h4-16,25-27,36H,17-19H2,1-3H3,(H,33,38)(H,34,37)/t25?,26-,27+/m0/s1. The number of nitrogens with zero attached hydrogens (tertiary/aromatic N) is 1. The Bertz CT molecular complexity index is 1350. The molecule has 1 fully saturated rings. The fourth-order valence-corrected chi connectivity index (χ4v) is 6.07.